The summed E-state index contributed by atoms with van der Waals surface area (Å²) < 4.78 is 0. The highest BCUT2D eigenvalue weighted by Gasteiger charge is 2.35. The van der Waals surface area contributed by atoms with E-state index in [4.69, 9.17) is 5.73 Å². The summed E-state index contributed by atoms with van der Waals surface area (Å²) in [6, 6.07) is -2.37. The summed E-state index contributed by atoms with van der Waals surface area (Å²) in [5, 5.41) is 45.2. The van der Waals surface area contributed by atoms with Crippen LogP contribution < -0.4 is 11.1 Å². The van der Waals surface area contributed by atoms with Crippen molar-refractivity contribution in [1.82, 2.24) is 49.4 Å². The highest BCUT2D eigenvalue weighted by molar-refractivity contribution is 5.94. The van der Waals surface area contributed by atoms with Gasteiger partial charge in [0.1, 0.15) is 26.2 Å². The predicted molar refractivity (Wildman–Crippen MR) is 314 cm³/mol. The lowest BCUT2D eigenvalue weighted by Crippen LogP contribution is -2.56. The third-order valence-corrected chi connectivity index (χ3v) is 14.6. The molecule has 0 bridgehead atoms. The van der Waals surface area contributed by atoms with E-state index in [1.807, 2.05) is 27.7 Å². The van der Waals surface area contributed by atoms with Gasteiger partial charge in [-0.3, -0.25) is 47.9 Å². The molecule has 476 valence electrons. The van der Waals surface area contributed by atoms with Gasteiger partial charge in [0.25, 0.3) is 0 Å². The van der Waals surface area contributed by atoms with Crippen molar-refractivity contribution in [3.63, 3.8) is 0 Å². The minimum atomic E-state index is -1.17. The Balaban J connectivity index is 0. The predicted octanol–water partition coefficient (Wildman–Crippen LogP) is 0.469. The van der Waals surface area contributed by atoms with Crippen LogP contribution in [0.4, 0.5) is 0 Å². The fourth-order valence-electron chi connectivity index (χ4n) is 8.52. The van der Waals surface area contributed by atoms with Gasteiger partial charge in [0.2, 0.25) is 59.1 Å². The van der Waals surface area contributed by atoms with Crippen molar-refractivity contribution in [2.75, 3.05) is 91.6 Å². The maximum absolute atomic E-state index is 14.5. The molecule has 10 atom stereocenters. The van der Waals surface area contributed by atoms with Crippen molar-refractivity contribution in [2.24, 2.45) is 5.73 Å². The van der Waals surface area contributed by atoms with E-state index in [1.165, 1.54) is 52.2 Å². The summed E-state index contributed by atoms with van der Waals surface area (Å²) >= 11 is 0. The van der Waals surface area contributed by atoms with Crippen molar-refractivity contribution >= 4 is 59.1 Å². The van der Waals surface area contributed by atoms with Crippen LogP contribution >= 0.6 is 0 Å². The molecule has 0 heterocycles. The molecular formula is C57H109N11O14. The summed E-state index contributed by atoms with van der Waals surface area (Å²) in [7, 11) is 0. The first kappa shape index (κ1) is 78.6. The third kappa shape index (κ3) is 28.2. The van der Waals surface area contributed by atoms with Gasteiger partial charge >= 0.3 is 0 Å². The van der Waals surface area contributed by atoms with Gasteiger partial charge in [-0.05, 0) is 108 Å². The molecule has 0 radical (unpaired) electrons. The van der Waals surface area contributed by atoms with Gasteiger partial charge in [-0.15, -0.1) is 0 Å². The summed E-state index contributed by atoms with van der Waals surface area (Å²) in [5.74, 6) is -6.53. The van der Waals surface area contributed by atoms with Crippen LogP contribution in [0.15, 0.2) is 0 Å². The highest BCUT2D eigenvalue weighted by atomic mass is 16.3. The summed E-state index contributed by atoms with van der Waals surface area (Å²) in [4.78, 5) is 149. The number of primary amides is 1. The van der Waals surface area contributed by atoms with Crippen LogP contribution in [-0.2, 0) is 47.9 Å². The quantitative estimate of drug-likeness (QED) is 0.0486. The monoisotopic (exact) mass is 1170 g/mol. The number of amides is 10. The number of hydrogen-bond acceptors (Lipinski definition) is 15. The molecular weight excluding hydrogens is 1060 g/mol. The zero-order valence-electron chi connectivity index (χ0n) is 51.9. The Morgan fingerprint density at radius 1 is 0.329 bits per heavy atom. The molecule has 0 unspecified atom stereocenters. The normalized spacial score (nSPS) is 14.8. The van der Waals surface area contributed by atoms with Crippen LogP contribution in [0.25, 0.3) is 0 Å². The molecule has 0 aliphatic carbocycles. The van der Waals surface area contributed by atoms with E-state index in [2.05, 4.69) is 5.32 Å². The third-order valence-electron chi connectivity index (χ3n) is 14.6. The molecule has 0 rings (SSSR count). The summed E-state index contributed by atoms with van der Waals surface area (Å²) in [6.45, 7) is 21.0. The Kier molecular flexibility index (Phi) is 38.2. The molecule has 10 amide bonds. The number of carbonyl (C=O) groups excluding carboxylic acids is 10. The van der Waals surface area contributed by atoms with Crippen molar-refractivity contribution in [1.29, 1.82) is 0 Å². The number of rotatable bonds is 40. The van der Waals surface area contributed by atoms with Gasteiger partial charge in [0.15, 0.2) is 0 Å². The molecule has 0 saturated heterocycles. The molecule has 0 spiro atoms. The lowest BCUT2D eigenvalue weighted by atomic mass is 10.1. The van der Waals surface area contributed by atoms with Crippen LogP contribution in [0.5, 0.6) is 0 Å². The lowest BCUT2D eigenvalue weighted by Gasteiger charge is -2.36. The molecule has 0 aromatic heterocycles. The largest absolute Gasteiger partial charge is 0.392 e. The number of nitrogens with two attached hydrogens (primary N) is 1. The van der Waals surface area contributed by atoms with Gasteiger partial charge in [-0.2, -0.15) is 0 Å². The maximum atomic E-state index is 14.5. The fourth-order valence-corrected chi connectivity index (χ4v) is 8.52. The number of hydrogen-bond donors (Lipinski definition) is 6. The minimum absolute atomic E-state index is 0. The Morgan fingerprint density at radius 2 is 0.537 bits per heavy atom. The van der Waals surface area contributed by atoms with E-state index in [0.29, 0.717) is 32.1 Å². The number of nitrogens with zero attached hydrogens (tertiary/aromatic N) is 9. The highest BCUT2D eigenvalue weighted by Crippen LogP contribution is 2.15. The molecule has 0 aromatic carbocycles. The standard InChI is InChI=1S/C56H105N11O14.CH4/c1-17-37(7)58-23-48(73)64(39(9)19-3)33-51(76)59(24-43(13)68)29-49(74)62(27-46(16)71)32-54(79)67(42(12)22-6)36-56(81)65(40(10)20-4)34-52(77)60(25-44(14)69)30-50(75)61(26-45(15)70)31-53(78)66(41(11)21-5)35-55(80)63(28-47(57)72)38(8)18-2;/h37-46,58,68-71H,17-36H2,1-16H3,(H2,57,72);1H4/t37-,38-,39-,40-,41-,42-,43-,44-,45-,46-;/m1./s1. The Labute approximate surface area is 490 Å². The smallest absolute Gasteiger partial charge is 0.242 e. The molecule has 0 aliphatic heterocycles. The second kappa shape index (κ2) is 39.9. The number of aliphatic hydroxyl groups excluding tert-OH is 4. The second-order valence-electron chi connectivity index (χ2n) is 22.0. The SMILES string of the molecule is C.CC[C@@H](C)NCC(=O)N(CC(=O)N(CC(=O)N(CC(=O)N(CC(=O)N(CC(=O)N(CC(=O)N(CC(=O)N(CC(=O)N(CC(N)=O)[C@H](C)CC)[C@H](C)CC)C[C@@H](C)O)C[C@@H](C)O)[C@H](C)CC)[C@H](C)CC)C[C@@H](C)O)C[C@@H](C)O)[C@H](C)CC. The van der Waals surface area contributed by atoms with Crippen molar-refractivity contribution in [2.45, 2.75) is 217 Å². The lowest BCUT2D eigenvalue weighted by molar-refractivity contribution is -0.152. The molecule has 0 saturated carbocycles. The van der Waals surface area contributed by atoms with E-state index in [9.17, 15) is 68.4 Å². The maximum Gasteiger partial charge on any atom is 0.242 e. The van der Waals surface area contributed by atoms with E-state index in [1.54, 1.807) is 55.4 Å². The van der Waals surface area contributed by atoms with E-state index < -0.39 is 142 Å². The van der Waals surface area contributed by atoms with Crippen LogP contribution in [0.3, 0.4) is 0 Å². The van der Waals surface area contributed by atoms with Gasteiger partial charge < -0.3 is 75.6 Å². The molecule has 82 heavy (non-hydrogen) atoms. The minimum Gasteiger partial charge on any atom is -0.392 e. The molecule has 25 heteroatoms. The topological polar surface area (TPSA) is 319 Å². The summed E-state index contributed by atoms with van der Waals surface area (Å²) in [5.41, 5.74) is 5.44. The van der Waals surface area contributed by atoms with Crippen LogP contribution in [0, 0.1) is 0 Å². The number of carbonyl (C=O) groups is 10. The molecule has 7 N–H and O–H groups in total. The van der Waals surface area contributed by atoms with Crippen LogP contribution in [-0.4, -0.2) is 276 Å². The van der Waals surface area contributed by atoms with Gasteiger partial charge in [0.05, 0.1) is 63.7 Å². The zero-order chi connectivity index (χ0) is 62.6. The summed E-state index contributed by atoms with van der Waals surface area (Å²) in [6.07, 6.45) is -1.60. The fraction of sp³-hybridized carbons (Fsp3) is 0.825. The first-order chi connectivity index (χ1) is 37.7. The van der Waals surface area contributed by atoms with Crippen molar-refractivity contribution in [3.8, 4) is 0 Å². The first-order valence-electron chi connectivity index (χ1n) is 29.1. The Morgan fingerprint density at radius 3 is 0.768 bits per heavy atom. The molecule has 25 nitrogen and oxygen atoms in total. The van der Waals surface area contributed by atoms with E-state index in [0.717, 1.165) is 26.0 Å². The van der Waals surface area contributed by atoms with E-state index >= 15 is 0 Å². The zero-order valence-corrected chi connectivity index (χ0v) is 51.9. The Hall–Kier alpha value is -5.50. The van der Waals surface area contributed by atoms with Gasteiger partial charge in [0, 0.05) is 62.4 Å². The van der Waals surface area contributed by atoms with Crippen LogP contribution in [0.1, 0.15) is 157 Å². The first-order valence-corrected chi connectivity index (χ1v) is 29.1. The number of aliphatic hydroxyl groups is 4. The number of nitrogens with one attached hydrogen (secondary N) is 1. The van der Waals surface area contributed by atoms with Crippen LogP contribution in [0.2, 0.25) is 0 Å². The average Bonchev–Trinajstić information content (AvgIpc) is 3.39. The molecule has 0 aromatic rings. The van der Waals surface area contributed by atoms with Gasteiger partial charge in [-0.1, -0.05) is 49.0 Å². The van der Waals surface area contributed by atoms with Crippen molar-refractivity contribution < 1.29 is 68.4 Å². The van der Waals surface area contributed by atoms with Crippen molar-refractivity contribution in [3.05, 3.63) is 0 Å². The second-order valence-corrected chi connectivity index (χ2v) is 22.0. The van der Waals surface area contributed by atoms with E-state index in [-0.39, 0.29) is 77.3 Å². The molecule has 0 aliphatic rings. The average molecular weight is 1170 g/mol. The van der Waals surface area contributed by atoms with Gasteiger partial charge in [-0.25, -0.2) is 0 Å². The molecule has 0 fully saturated rings. The Bertz CT molecular complexity index is 2010.